The van der Waals surface area contributed by atoms with E-state index in [0.717, 1.165) is 12.8 Å². The maximum atomic E-state index is 11.7. The molecule has 2 N–H and O–H groups in total. The highest BCUT2D eigenvalue weighted by Gasteiger charge is 2.24. The molecule has 0 rings (SSSR count). The average molecular weight is 265 g/mol. The molecule has 0 radical (unpaired) electrons. The lowest BCUT2D eigenvalue weighted by atomic mass is 9.82. The van der Waals surface area contributed by atoms with Crippen LogP contribution in [0.2, 0.25) is 0 Å². The monoisotopic (exact) mass is 265 g/mol. The molecular weight excluding hydrogens is 238 g/mol. The van der Waals surface area contributed by atoms with Gasteiger partial charge in [0.25, 0.3) is 5.91 Å². The zero-order chi connectivity index (χ0) is 15.1. The zero-order valence-electron chi connectivity index (χ0n) is 13.1. The van der Waals surface area contributed by atoms with Crippen LogP contribution < -0.4 is 10.6 Å². The van der Waals surface area contributed by atoms with E-state index in [9.17, 15) is 4.79 Å². The van der Waals surface area contributed by atoms with E-state index < -0.39 is 0 Å². The van der Waals surface area contributed by atoms with E-state index in [-0.39, 0.29) is 22.4 Å². The molecule has 0 fully saturated rings. The summed E-state index contributed by atoms with van der Waals surface area (Å²) in [4.78, 5) is 11.7. The zero-order valence-corrected chi connectivity index (χ0v) is 13.1. The third kappa shape index (κ3) is 8.25. The highest BCUT2D eigenvalue weighted by atomic mass is 16.1. The molecule has 0 heterocycles. The fourth-order valence-electron chi connectivity index (χ4n) is 2.13. The van der Waals surface area contributed by atoms with Gasteiger partial charge in [0.15, 0.2) is 0 Å². The molecule has 0 saturated heterocycles. The fraction of sp³-hybridized carbons (Fsp3) is 0.733. The first-order valence-corrected chi connectivity index (χ1v) is 6.77. The van der Waals surface area contributed by atoms with Gasteiger partial charge in [-0.15, -0.1) is 0 Å². The minimum absolute atomic E-state index is 0.121. The van der Waals surface area contributed by atoms with Gasteiger partial charge in [-0.2, -0.15) is 5.26 Å². The van der Waals surface area contributed by atoms with Crippen LogP contribution >= 0.6 is 0 Å². The molecule has 4 heteroatoms. The third-order valence-electron chi connectivity index (χ3n) is 2.48. The lowest BCUT2D eigenvalue weighted by molar-refractivity contribution is -0.117. The van der Waals surface area contributed by atoms with Crippen molar-refractivity contribution in [2.75, 3.05) is 6.54 Å². The van der Waals surface area contributed by atoms with Crippen molar-refractivity contribution in [2.24, 2.45) is 5.41 Å². The van der Waals surface area contributed by atoms with E-state index in [0.29, 0.717) is 6.54 Å². The molecule has 0 bridgehead atoms. The Hall–Kier alpha value is -1.50. The van der Waals surface area contributed by atoms with Crippen molar-refractivity contribution in [1.29, 1.82) is 5.26 Å². The van der Waals surface area contributed by atoms with Crippen LogP contribution in [0.25, 0.3) is 0 Å². The fourth-order valence-corrected chi connectivity index (χ4v) is 2.13. The second kappa shape index (κ2) is 7.18. The summed E-state index contributed by atoms with van der Waals surface area (Å²) in [5.41, 5.74) is 0.142. The van der Waals surface area contributed by atoms with Gasteiger partial charge >= 0.3 is 0 Å². The lowest BCUT2D eigenvalue weighted by Crippen LogP contribution is -2.40. The molecule has 0 aliphatic heterocycles. The van der Waals surface area contributed by atoms with Gasteiger partial charge in [0.1, 0.15) is 11.6 Å². The normalized spacial score (nSPS) is 12.8. The van der Waals surface area contributed by atoms with Crippen LogP contribution in [-0.4, -0.2) is 18.0 Å². The number of carbonyl (C=O) groups excluding carboxylic acids is 1. The molecule has 0 aromatic carbocycles. The largest absolute Gasteiger partial charge is 0.385 e. The molecule has 0 saturated carbocycles. The Morgan fingerprint density at radius 2 is 1.84 bits per heavy atom. The summed E-state index contributed by atoms with van der Waals surface area (Å²) >= 11 is 0. The van der Waals surface area contributed by atoms with Crippen LogP contribution in [0, 0.1) is 16.7 Å². The summed E-state index contributed by atoms with van der Waals surface area (Å²) in [7, 11) is 0. The second-order valence-corrected chi connectivity index (χ2v) is 6.69. The number of amides is 1. The third-order valence-corrected chi connectivity index (χ3v) is 2.48. The number of carbonyl (C=O) groups is 1. The molecule has 19 heavy (non-hydrogen) atoms. The maximum absolute atomic E-state index is 11.7. The van der Waals surface area contributed by atoms with Crippen molar-refractivity contribution in [2.45, 2.75) is 59.9 Å². The summed E-state index contributed by atoms with van der Waals surface area (Å²) < 4.78 is 0. The van der Waals surface area contributed by atoms with Crippen molar-refractivity contribution in [1.82, 2.24) is 10.6 Å². The first-order valence-electron chi connectivity index (χ1n) is 6.77. The summed E-state index contributed by atoms with van der Waals surface area (Å²) in [6.45, 7) is 13.2. The number of rotatable bonds is 6. The summed E-state index contributed by atoms with van der Waals surface area (Å²) in [6.07, 6.45) is 3.32. The molecule has 0 aromatic heterocycles. The Morgan fingerprint density at radius 3 is 2.26 bits per heavy atom. The maximum Gasteiger partial charge on any atom is 0.263 e. The summed E-state index contributed by atoms with van der Waals surface area (Å²) in [5, 5.41) is 14.9. The summed E-state index contributed by atoms with van der Waals surface area (Å²) in [6, 6.07) is 1.93. The van der Waals surface area contributed by atoms with Crippen LogP contribution in [0.4, 0.5) is 0 Å². The summed E-state index contributed by atoms with van der Waals surface area (Å²) in [5.74, 6) is -0.316. The SMILES string of the molecule is CCCNC(=O)/C(C#N)=C\NC(C)(C)CC(C)(C)C. The lowest BCUT2D eigenvalue weighted by Gasteiger charge is -2.33. The Balaban J connectivity index is 4.65. The predicted molar refractivity (Wildman–Crippen MR) is 78.3 cm³/mol. The number of hydrogen-bond acceptors (Lipinski definition) is 3. The molecule has 0 spiro atoms. The minimum Gasteiger partial charge on any atom is -0.385 e. The molecular formula is C15H27N3O. The van der Waals surface area contributed by atoms with Crippen LogP contribution in [0.1, 0.15) is 54.4 Å². The topological polar surface area (TPSA) is 64.9 Å². The van der Waals surface area contributed by atoms with Gasteiger partial charge in [-0.3, -0.25) is 4.79 Å². The van der Waals surface area contributed by atoms with Gasteiger partial charge in [0, 0.05) is 18.3 Å². The van der Waals surface area contributed by atoms with Gasteiger partial charge in [-0.25, -0.2) is 0 Å². The molecule has 0 aromatic rings. The number of nitriles is 1. The number of nitrogens with zero attached hydrogens (tertiary/aromatic N) is 1. The molecule has 0 aliphatic rings. The second-order valence-electron chi connectivity index (χ2n) is 6.69. The number of hydrogen-bond donors (Lipinski definition) is 2. The number of nitrogens with one attached hydrogen (secondary N) is 2. The van der Waals surface area contributed by atoms with E-state index in [2.05, 4.69) is 45.3 Å². The van der Waals surface area contributed by atoms with Gasteiger partial charge in [0.2, 0.25) is 0 Å². The standard InChI is InChI=1S/C15H27N3O/c1-7-8-17-13(19)12(9-16)10-18-15(5,6)11-14(2,3)4/h10,18H,7-8,11H2,1-6H3,(H,17,19)/b12-10-. The smallest absolute Gasteiger partial charge is 0.263 e. The van der Waals surface area contributed by atoms with Crippen LogP contribution in [0.15, 0.2) is 11.8 Å². The van der Waals surface area contributed by atoms with E-state index >= 15 is 0 Å². The molecule has 0 atom stereocenters. The highest BCUT2D eigenvalue weighted by molar-refractivity contribution is 5.97. The minimum atomic E-state index is -0.316. The average Bonchev–Trinajstić information content (AvgIpc) is 2.23. The predicted octanol–water partition coefficient (Wildman–Crippen LogP) is 2.72. The van der Waals surface area contributed by atoms with Gasteiger partial charge < -0.3 is 10.6 Å². The van der Waals surface area contributed by atoms with E-state index in [4.69, 9.17) is 5.26 Å². The Labute approximate surface area is 117 Å². The molecule has 4 nitrogen and oxygen atoms in total. The first kappa shape index (κ1) is 17.5. The van der Waals surface area contributed by atoms with Crippen molar-refractivity contribution in [3.8, 4) is 6.07 Å². The quantitative estimate of drug-likeness (QED) is 0.573. The molecule has 108 valence electrons. The van der Waals surface area contributed by atoms with Gasteiger partial charge in [0.05, 0.1) is 0 Å². The van der Waals surface area contributed by atoms with Crippen LogP contribution in [-0.2, 0) is 4.79 Å². The van der Waals surface area contributed by atoms with Crippen molar-refractivity contribution in [3.05, 3.63) is 11.8 Å². The Kier molecular flexibility index (Phi) is 6.61. The van der Waals surface area contributed by atoms with Crippen molar-refractivity contribution in [3.63, 3.8) is 0 Å². The van der Waals surface area contributed by atoms with E-state index in [1.54, 1.807) is 0 Å². The van der Waals surface area contributed by atoms with E-state index in [1.165, 1.54) is 6.20 Å². The molecule has 0 aliphatic carbocycles. The van der Waals surface area contributed by atoms with Crippen LogP contribution in [0.3, 0.4) is 0 Å². The Morgan fingerprint density at radius 1 is 1.26 bits per heavy atom. The molecule has 1 amide bonds. The molecule has 0 unspecified atom stereocenters. The Bertz CT molecular complexity index is 370. The van der Waals surface area contributed by atoms with Gasteiger partial charge in [-0.05, 0) is 32.1 Å². The van der Waals surface area contributed by atoms with E-state index in [1.807, 2.05) is 13.0 Å². The first-order chi connectivity index (χ1) is 8.61. The van der Waals surface area contributed by atoms with Crippen molar-refractivity contribution >= 4 is 5.91 Å². The van der Waals surface area contributed by atoms with Gasteiger partial charge in [-0.1, -0.05) is 27.7 Å². The van der Waals surface area contributed by atoms with Crippen LogP contribution in [0.5, 0.6) is 0 Å². The van der Waals surface area contributed by atoms with Crippen molar-refractivity contribution < 1.29 is 4.79 Å². The highest BCUT2D eigenvalue weighted by Crippen LogP contribution is 2.26.